The Labute approximate surface area is 180 Å². The third-order valence-electron chi connectivity index (χ3n) is 5.27. The Hall–Kier alpha value is -3.48. The molecular weight excluding hydrogens is 391 g/mol. The zero-order valence-corrected chi connectivity index (χ0v) is 17.5. The van der Waals surface area contributed by atoms with E-state index in [1.165, 1.54) is 12.1 Å². The Morgan fingerprint density at radius 3 is 2.48 bits per heavy atom. The first-order valence-corrected chi connectivity index (χ1v) is 10.0. The van der Waals surface area contributed by atoms with Gasteiger partial charge < -0.3 is 21.6 Å². The van der Waals surface area contributed by atoms with Crippen molar-refractivity contribution in [3.63, 3.8) is 0 Å². The summed E-state index contributed by atoms with van der Waals surface area (Å²) in [5.41, 5.74) is 16.6. The molecule has 1 aromatic heterocycles. The van der Waals surface area contributed by atoms with Gasteiger partial charge in [-0.1, -0.05) is 30.3 Å². The largest absolute Gasteiger partial charge is 0.494 e. The fraction of sp³-hybridized carbons (Fsp3) is 0.160. The number of fused-ring (bicyclic) bond motifs is 1. The normalized spacial score (nSPS) is 12.5. The number of halogens is 1. The summed E-state index contributed by atoms with van der Waals surface area (Å²) in [4.78, 5) is 7.72. The van der Waals surface area contributed by atoms with Crippen molar-refractivity contribution in [2.24, 2.45) is 16.5 Å². The topological polar surface area (TPSA) is 100 Å². The molecule has 0 amide bonds. The molecule has 0 aliphatic carbocycles. The van der Waals surface area contributed by atoms with E-state index in [4.69, 9.17) is 16.5 Å². The average Bonchev–Trinajstić information content (AvgIpc) is 3.06. The molecule has 0 saturated carbocycles. The lowest BCUT2D eigenvalue weighted by atomic mass is 9.95. The Morgan fingerprint density at radius 1 is 1.06 bits per heavy atom. The average molecular weight is 417 g/mol. The van der Waals surface area contributed by atoms with Crippen LogP contribution >= 0.6 is 0 Å². The van der Waals surface area contributed by atoms with E-state index >= 15 is 0 Å². The summed E-state index contributed by atoms with van der Waals surface area (Å²) in [5.74, 6) is -0.457. The van der Waals surface area contributed by atoms with Gasteiger partial charge >= 0.3 is 0 Å². The van der Waals surface area contributed by atoms with Crippen molar-refractivity contribution in [2.75, 3.05) is 0 Å². The summed E-state index contributed by atoms with van der Waals surface area (Å²) in [6, 6.07) is 19.7. The molecule has 0 aliphatic rings. The number of benzene rings is 3. The highest BCUT2D eigenvalue weighted by molar-refractivity contribution is 6.21. The Morgan fingerprint density at radius 2 is 1.81 bits per heavy atom. The SMILES string of the molecule is CC(C)(N)c1ccc(N=C(c2cccc(CN)c2)c2c(O)[nH]c3cc(F)ccc23)cc1. The van der Waals surface area contributed by atoms with E-state index in [0.29, 0.717) is 34.4 Å². The monoisotopic (exact) mass is 416 g/mol. The van der Waals surface area contributed by atoms with Crippen LogP contribution in [-0.2, 0) is 12.1 Å². The first-order valence-electron chi connectivity index (χ1n) is 10.0. The fourth-order valence-corrected chi connectivity index (χ4v) is 3.60. The van der Waals surface area contributed by atoms with E-state index in [-0.39, 0.29) is 11.7 Å². The maximum Gasteiger partial charge on any atom is 0.199 e. The number of rotatable bonds is 5. The molecule has 4 aromatic rings. The Bertz CT molecular complexity index is 1270. The first kappa shape index (κ1) is 20.8. The van der Waals surface area contributed by atoms with Crippen molar-refractivity contribution in [3.8, 4) is 5.88 Å². The highest BCUT2D eigenvalue weighted by Gasteiger charge is 2.20. The van der Waals surface area contributed by atoms with Crippen LogP contribution < -0.4 is 11.5 Å². The molecule has 31 heavy (non-hydrogen) atoms. The molecule has 0 spiro atoms. The summed E-state index contributed by atoms with van der Waals surface area (Å²) in [6.45, 7) is 4.27. The fourth-order valence-electron chi connectivity index (χ4n) is 3.60. The lowest BCUT2D eigenvalue weighted by Crippen LogP contribution is -2.28. The quantitative estimate of drug-likeness (QED) is 0.350. The van der Waals surface area contributed by atoms with E-state index in [2.05, 4.69) is 4.98 Å². The van der Waals surface area contributed by atoms with Gasteiger partial charge in [-0.25, -0.2) is 9.38 Å². The second kappa shape index (κ2) is 7.98. The molecule has 3 aromatic carbocycles. The first-order chi connectivity index (χ1) is 14.8. The minimum Gasteiger partial charge on any atom is -0.494 e. The van der Waals surface area contributed by atoms with Crippen molar-refractivity contribution in [2.45, 2.75) is 25.9 Å². The maximum absolute atomic E-state index is 13.7. The number of aromatic amines is 1. The van der Waals surface area contributed by atoms with E-state index in [1.54, 1.807) is 6.07 Å². The molecule has 4 rings (SSSR count). The minimum atomic E-state index is -0.459. The van der Waals surface area contributed by atoms with Gasteiger partial charge in [0.15, 0.2) is 5.88 Å². The summed E-state index contributed by atoms with van der Waals surface area (Å²) in [5, 5.41) is 11.4. The number of nitrogens with zero attached hydrogens (tertiary/aromatic N) is 1. The van der Waals surface area contributed by atoms with Crippen molar-refractivity contribution in [3.05, 3.63) is 94.8 Å². The molecule has 158 valence electrons. The van der Waals surface area contributed by atoms with E-state index in [0.717, 1.165) is 16.7 Å². The Balaban J connectivity index is 1.93. The minimum absolute atomic E-state index is 0.0720. The maximum atomic E-state index is 13.7. The van der Waals surface area contributed by atoms with Crippen molar-refractivity contribution in [1.29, 1.82) is 0 Å². The van der Waals surface area contributed by atoms with Gasteiger partial charge in [0, 0.05) is 23.0 Å². The van der Waals surface area contributed by atoms with Crippen LogP contribution in [0.2, 0.25) is 0 Å². The molecule has 0 unspecified atom stereocenters. The van der Waals surface area contributed by atoms with Gasteiger partial charge in [0.1, 0.15) is 5.82 Å². The van der Waals surface area contributed by atoms with Crippen LogP contribution in [0.25, 0.3) is 10.9 Å². The molecular formula is C25H25FN4O. The highest BCUT2D eigenvalue weighted by Crippen LogP contribution is 2.32. The van der Waals surface area contributed by atoms with Gasteiger partial charge in [-0.2, -0.15) is 0 Å². The van der Waals surface area contributed by atoms with Crippen LogP contribution in [-0.4, -0.2) is 15.8 Å². The molecule has 0 saturated heterocycles. The number of nitrogens with one attached hydrogen (secondary N) is 1. The molecule has 6 N–H and O–H groups in total. The van der Waals surface area contributed by atoms with Gasteiger partial charge in [-0.05, 0) is 61.4 Å². The molecule has 0 fully saturated rings. The molecule has 6 heteroatoms. The van der Waals surface area contributed by atoms with Crippen molar-refractivity contribution in [1.82, 2.24) is 4.98 Å². The number of hydrogen-bond acceptors (Lipinski definition) is 4. The van der Waals surface area contributed by atoms with Crippen LogP contribution in [0.4, 0.5) is 10.1 Å². The van der Waals surface area contributed by atoms with Gasteiger partial charge in [0.05, 0.1) is 22.5 Å². The third kappa shape index (κ3) is 4.21. The second-order valence-corrected chi connectivity index (χ2v) is 8.17. The second-order valence-electron chi connectivity index (χ2n) is 8.17. The van der Waals surface area contributed by atoms with Crippen LogP contribution in [0, 0.1) is 5.82 Å². The van der Waals surface area contributed by atoms with Crippen LogP contribution in [0.1, 0.15) is 36.1 Å². The molecule has 0 radical (unpaired) electrons. The molecule has 0 bridgehead atoms. The lowest BCUT2D eigenvalue weighted by molar-refractivity contribution is 0.457. The van der Waals surface area contributed by atoms with Crippen molar-refractivity contribution >= 4 is 22.3 Å². The van der Waals surface area contributed by atoms with E-state index in [9.17, 15) is 9.50 Å². The van der Waals surface area contributed by atoms with Crippen LogP contribution in [0.15, 0.2) is 71.7 Å². The summed E-state index contributed by atoms with van der Waals surface area (Å²) in [6.07, 6.45) is 0. The third-order valence-corrected chi connectivity index (χ3v) is 5.27. The number of aromatic nitrogens is 1. The van der Waals surface area contributed by atoms with Crippen molar-refractivity contribution < 1.29 is 9.50 Å². The molecule has 5 nitrogen and oxygen atoms in total. The standard InChI is InChI=1S/C25H25FN4O/c1-25(2,28)17-6-9-19(10-7-17)29-23(16-5-3-4-15(12-16)14-27)22-20-11-8-18(26)13-21(20)30-24(22)31/h3-13,30-31H,14,27-28H2,1-2H3. The highest BCUT2D eigenvalue weighted by atomic mass is 19.1. The van der Waals surface area contributed by atoms with Gasteiger partial charge in [0.25, 0.3) is 0 Å². The van der Waals surface area contributed by atoms with Crippen LogP contribution in [0.5, 0.6) is 5.88 Å². The van der Waals surface area contributed by atoms with Gasteiger partial charge in [0.2, 0.25) is 0 Å². The van der Waals surface area contributed by atoms with Gasteiger partial charge in [-0.3, -0.25) is 0 Å². The summed E-state index contributed by atoms with van der Waals surface area (Å²) >= 11 is 0. The summed E-state index contributed by atoms with van der Waals surface area (Å²) < 4.78 is 13.7. The number of hydrogen-bond donors (Lipinski definition) is 4. The Kier molecular flexibility index (Phi) is 5.35. The summed E-state index contributed by atoms with van der Waals surface area (Å²) in [7, 11) is 0. The number of aliphatic imine (C=N–C) groups is 1. The molecule has 1 heterocycles. The van der Waals surface area contributed by atoms with Crippen LogP contribution in [0.3, 0.4) is 0 Å². The number of aromatic hydroxyl groups is 1. The molecule has 0 atom stereocenters. The molecule has 0 aliphatic heterocycles. The zero-order valence-electron chi connectivity index (χ0n) is 17.5. The smallest absolute Gasteiger partial charge is 0.199 e. The van der Waals surface area contributed by atoms with E-state index in [1.807, 2.05) is 62.4 Å². The number of H-pyrrole nitrogens is 1. The predicted molar refractivity (Wildman–Crippen MR) is 123 cm³/mol. The number of nitrogens with two attached hydrogens (primary N) is 2. The lowest BCUT2D eigenvalue weighted by Gasteiger charge is -2.19. The van der Waals surface area contributed by atoms with E-state index < -0.39 is 5.54 Å². The van der Waals surface area contributed by atoms with Gasteiger partial charge in [-0.15, -0.1) is 0 Å². The predicted octanol–water partition coefficient (Wildman–Crippen LogP) is 4.83. The zero-order chi connectivity index (χ0) is 22.2.